The lowest BCUT2D eigenvalue weighted by molar-refractivity contribution is 0.553. The summed E-state index contributed by atoms with van der Waals surface area (Å²) in [5.74, 6) is 5.20. The summed E-state index contributed by atoms with van der Waals surface area (Å²) >= 11 is 0. The van der Waals surface area contributed by atoms with Gasteiger partial charge < -0.3 is 0 Å². The van der Waals surface area contributed by atoms with Gasteiger partial charge in [0.25, 0.3) is 0 Å². The molecule has 5 heteroatoms. The molecule has 0 saturated heterocycles. The maximum Gasteiger partial charge on any atom is 0.146 e. The summed E-state index contributed by atoms with van der Waals surface area (Å²) in [6.45, 7) is 2.02. The van der Waals surface area contributed by atoms with E-state index >= 15 is 0 Å². The number of nitrogens with two attached hydrogens (primary N) is 1. The number of hydrogen-bond acceptors (Lipinski definition) is 4. The first-order chi connectivity index (χ1) is 8.77. The van der Waals surface area contributed by atoms with Crippen LogP contribution in [0.2, 0.25) is 0 Å². The average molecular weight is 246 g/mol. The molecule has 1 unspecified atom stereocenters. The summed E-state index contributed by atoms with van der Waals surface area (Å²) in [6, 6.07) is 3.08. The van der Waals surface area contributed by atoms with Gasteiger partial charge in [-0.2, -0.15) is 0 Å². The van der Waals surface area contributed by atoms with Crippen molar-refractivity contribution in [1.29, 1.82) is 0 Å². The van der Waals surface area contributed by atoms with Crippen molar-refractivity contribution in [2.75, 3.05) is 0 Å². The summed E-state index contributed by atoms with van der Waals surface area (Å²) in [6.07, 6.45) is 7.01. The van der Waals surface area contributed by atoms with Crippen molar-refractivity contribution < 1.29 is 4.39 Å². The molecular weight excluding hydrogens is 231 g/mol. The summed E-state index contributed by atoms with van der Waals surface area (Å²) in [5, 5.41) is 0. The Bertz CT molecular complexity index is 530. The van der Waals surface area contributed by atoms with Crippen LogP contribution in [-0.2, 0) is 6.42 Å². The Hall–Kier alpha value is -1.85. The Morgan fingerprint density at radius 1 is 1.22 bits per heavy atom. The van der Waals surface area contributed by atoms with Crippen LogP contribution in [0, 0.1) is 5.82 Å². The van der Waals surface area contributed by atoms with Gasteiger partial charge in [0, 0.05) is 24.2 Å². The Labute approximate surface area is 105 Å². The third-order valence-electron chi connectivity index (χ3n) is 2.91. The number of rotatable bonds is 4. The molecule has 0 aromatic carbocycles. The van der Waals surface area contributed by atoms with E-state index in [0.717, 1.165) is 17.5 Å². The second-order valence-corrected chi connectivity index (χ2v) is 3.92. The van der Waals surface area contributed by atoms with Crippen molar-refractivity contribution in [3.8, 4) is 0 Å². The molecule has 0 amide bonds. The van der Waals surface area contributed by atoms with Gasteiger partial charge >= 0.3 is 0 Å². The third-order valence-corrected chi connectivity index (χ3v) is 2.91. The Morgan fingerprint density at radius 3 is 2.50 bits per heavy atom. The minimum atomic E-state index is -0.397. The summed E-state index contributed by atoms with van der Waals surface area (Å²) in [5.41, 5.74) is 5.10. The molecule has 2 aromatic heterocycles. The zero-order chi connectivity index (χ0) is 13.0. The van der Waals surface area contributed by atoms with E-state index in [-0.39, 0.29) is 5.82 Å². The number of hydrazine groups is 1. The monoisotopic (exact) mass is 246 g/mol. The van der Waals surface area contributed by atoms with E-state index in [4.69, 9.17) is 5.84 Å². The van der Waals surface area contributed by atoms with Crippen LogP contribution in [0.5, 0.6) is 0 Å². The predicted molar refractivity (Wildman–Crippen MR) is 67.0 cm³/mol. The maximum absolute atomic E-state index is 13.8. The maximum atomic E-state index is 13.8. The molecule has 0 spiro atoms. The third kappa shape index (κ3) is 2.37. The Kier molecular flexibility index (Phi) is 3.96. The van der Waals surface area contributed by atoms with Crippen LogP contribution in [0.1, 0.15) is 29.7 Å². The van der Waals surface area contributed by atoms with Gasteiger partial charge in [0.15, 0.2) is 0 Å². The van der Waals surface area contributed by atoms with Gasteiger partial charge in [0.05, 0.1) is 12.2 Å². The molecule has 0 aliphatic heterocycles. The van der Waals surface area contributed by atoms with E-state index in [1.165, 1.54) is 6.20 Å². The summed E-state index contributed by atoms with van der Waals surface area (Å²) < 4.78 is 13.8. The molecule has 94 valence electrons. The first kappa shape index (κ1) is 12.6. The number of hydrogen-bond donors (Lipinski definition) is 2. The molecule has 0 bridgehead atoms. The minimum Gasteiger partial charge on any atom is -0.271 e. The SMILES string of the molecule is CCc1cnccc1C(NN)c1ccncc1F. The molecule has 3 N–H and O–H groups in total. The van der Waals surface area contributed by atoms with Crippen LogP contribution in [0.15, 0.2) is 36.9 Å². The molecule has 2 aromatic rings. The quantitative estimate of drug-likeness (QED) is 0.637. The molecule has 2 heterocycles. The average Bonchev–Trinajstić information content (AvgIpc) is 2.42. The van der Waals surface area contributed by atoms with Crippen LogP contribution in [0.3, 0.4) is 0 Å². The molecule has 0 aliphatic carbocycles. The van der Waals surface area contributed by atoms with Gasteiger partial charge in [-0.1, -0.05) is 6.92 Å². The van der Waals surface area contributed by atoms with Gasteiger partial charge in [-0.3, -0.25) is 15.8 Å². The molecule has 1 atom stereocenters. The van der Waals surface area contributed by atoms with Gasteiger partial charge in [0.2, 0.25) is 0 Å². The summed E-state index contributed by atoms with van der Waals surface area (Å²) in [4.78, 5) is 7.82. The number of pyridine rings is 2. The van der Waals surface area contributed by atoms with E-state index in [1.54, 1.807) is 24.7 Å². The van der Waals surface area contributed by atoms with E-state index in [2.05, 4.69) is 15.4 Å². The molecule has 4 nitrogen and oxygen atoms in total. The smallest absolute Gasteiger partial charge is 0.146 e. The molecule has 2 rings (SSSR count). The lowest BCUT2D eigenvalue weighted by Crippen LogP contribution is -2.30. The zero-order valence-corrected chi connectivity index (χ0v) is 10.1. The van der Waals surface area contributed by atoms with Crippen LogP contribution >= 0.6 is 0 Å². The Morgan fingerprint density at radius 2 is 1.89 bits per heavy atom. The molecular formula is C13H15FN4. The van der Waals surface area contributed by atoms with Crippen LogP contribution in [0.4, 0.5) is 4.39 Å². The second kappa shape index (κ2) is 5.66. The molecule has 18 heavy (non-hydrogen) atoms. The highest BCUT2D eigenvalue weighted by atomic mass is 19.1. The fourth-order valence-corrected chi connectivity index (χ4v) is 1.98. The van der Waals surface area contributed by atoms with Gasteiger partial charge in [0.1, 0.15) is 5.82 Å². The van der Waals surface area contributed by atoms with Crippen molar-refractivity contribution in [2.45, 2.75) is 19.4 Å². The van der Waals surface area contributed by atoms with Crippen molar-refractivity contribution in [2.24, 2.45) is 5.84 Å². The van der Waals surface area contributed by atoms with E-state index < -0.39 is 6.04 Å². The molecule has 0 aliphatic rings. The normalized spacial score (nSPS) is 12.4. The molecule has 0 saturated carbocycles. The standard InChI is InChI=1S/C13H15FN4/c1-2-9-7-16-5-3-10(9)13(18-15)11-4-6-17-8-12(11)14/h3-8,13,18H,2,15H2,1H3. The van der Waals surface area contributed by atoms with E-state index in [9.17, 15) is 4.39 Å². The number of nitrogens with zero attached hydrogens (tertiary/aromatic N) is 2. The number of halogens is 1. The Balaban J connectivity index is 2.49. The van der Waals surface area contributed by atoms with Gasteiger partial charge in [-0.25, -0.2) is 9.82 Å². The van der Waals surface area contributed by atoms with Gasteiger partial charge in [-0.15, -0.1) is 0 Å². The van der Waals surface area contributed by atoms with Crippen molar-refractivity contribution >= 4 is 0 Å². The van der Waals surface area contributed by atoms with Gasteiger partial charge in [-0.05, 0) is 29.7 Å². The van der Waals surface area contributed by atoms with Crippen LogP contribution in [0.25, 0.3) is 0 Å². The first-order valence-electron chi connectivity index (χ1n) is 5.76. The number of aromatic nitrogens is 2. The summed E-state index contributed by atoms with van der Waals surface area (Å²) in [7, 11) is 0. The highest BCUT2D eigenvalue weighted by Crippen LogP contribution is 2.25. The van der Waals surface area contributed by atoms with Crippen molar-refractivity contribution in [3.05, 3.63) is 59.4 Å². The molecule has 0 fully saturated rings. The predicted octanol–water partition coefficient (Wildman–Crippen LogP) is 1.73. The largest absolute Gasteiger partial charge is 0.271 e. The van der Waals surface area contributed by atoms with Crippen LogP contribution < -0.4 is 11.3 Å². The van der Waals surface area contributed by atoms with Crippen molar-refractivity contribution in [3.63, 3.8) is 0 Å². The zero-order valence-electron chi connectivity index (χ0n) is 10.1. The highest BCUT2D eigenvalue weighted by molar-refractivity contribution is 5.35. The van der Waals surface area contributed by atoms with Crippen molar-refractivity contribution in [1.82, 2.24) is 15.4 Å². The fraction of sp³-hybridized carbons (Fsp3) is 0.231. The lowest BCUT2D eigenvalue weighted by atomic mass is 9.95. The van der Waals surface area contributed by atoms with Crippen LogP contribution in [-0.4, -0.2) is 9.97 Å². The lowest BCUT2D eigenvalue weighted by Gasteiger charge is -2.19. The van der Waals surface area contributed by atoms with E-state index in [1.807, 2.05) is 13.0 Å². The second-order valence-electron chi connectivity index (χ2n) is 3.92. The number of nitrogens with one attached hydrogen (secondary N) is 1. The minimum absolute atomic E-state index is 0.376. The number of aryl methyl sites for hydroxylation is 1. The topological polar surface area (TPSA) is 63.8 Å². The first-order valence-corrected chi connectivity index (χ1v) is 5.76. The van der Waals surface area contributed by atoms with E-state index in [0.29, 0.717) is 5.56 Å². The highest BCUT2D eigenvalue weighted by Gasteiger charge is 2.18. The molecule has 0 radical (unpaired) electrons. The fourth-order valence-electron chi connectivity index (χ4n) is 1.98.